The van der Waals surface area contributed by atoms with E-state index in [1.165, 1.54) is 19.4 Å². The Balaban J connectivity index is 1.23. The van der Waals surface area contributed by atoms with E-state index in [0.29, 0.717) is 18.2 Å². The summed E-state index contributed by atoms with van der Waals surface area (Å²) in [5.74, 6) is 0. The Morgan fingerprint density at radius 2 is 1.92 bits per heavy atom. The number of carbonyl (C=O) groups is 1. The van der Waals surface area contributed by atoms with Crippen molar-refractivity contribution in [2.24, 2.45) is 0 Å². The molecule has 1 spiro atoms. The van der Waals surface area contributed by atoms with E-state index < -0.39 is 0 Å². The number of likely N-dealkylation sites (tertiary alicyclic amines) is 1. The minimum absolute atomic E-state index is 0.170. The van der Waals surface area contributed by atoms with Crippen LogP contribution in [0.3, 0.4) is 0 Å². The Bertz CT molecular complexity index is 565. The Kier molecular flexibility index (Phi) is 4.46. The first-order valence-electron chi connectivity index (χ1n) is 9.19. The van der Waals surface area contributed by atoms with Gasteiger partial charge in [-0.3, -0.25) is 4.90 Å². The van der Waals surface area contributed by atoms with Crippen LogP contribution >= 0.6 is 0 Å². The zero-order valence-electron chi connectivity index (χ0n) is 14.2. The number of piperazine rings is 1. The number of piperidine rings is 1. The van der Waals surface area contributed by atoms with Gasteiger partial charge in [0, 0.05) is 44.3 Å². The standard InChI is InChI=1S/C19H27N3O2/c23-18(24-14-16-4-2-1-3-5-16)21-11-6-17(7-12-21)22-13-10-20-19(15-22)8-9-19/h1-5,17,20H,6-15H2. The number of rotatable bonds is 3. The Morgan fingerprint density at radius 3 is 2.62 bits per heavy atom. The lowest BCUT2D eigenvalue weighted by atomic mass is 10.0. The fraction of sp³-hybridized carbons (Fsp3) is 0.632. The summed E-state index contributed by atoms with van der Waals surface area (Å²) < 4.78 is 5.45. The zero-order chi connectivity index (χ0) is 16.4. The monoisotopic (exact) mass is 329 g/mol. The molecular formula is C19H27N3O2. The van der Waals surface area contributed by atoms with Crippen molar-refractivity contribution in [2.75, 3.05) is 32.7 Å². The molecule has 5 nitrogen and oxygen atoms in total. The minimum atomic E-state index is -0.170. The second-order valence-corrected chi connectivity index (χ2v) is 7.44. The first-order valence-corrected chi connectivity index (χ1v) is 9.19. The summed E-state index contributed by atoms with van der Waals surface area (Å²) in [7, 11) is 0. The average molecular weight is 329 g/mol. The summed E-state index contributed by atoms with van der Waals surface area (Å²) in [5.41, 5.74) is 1.47. The van der Waals surface area contributed by atoms with E-state index in [1.54, 1.807) is 0 Å². The van der Waals surface area contributed by atoms with Crippen molar-refractivity contribution in [3.05, 3.63) is 35.9 Å². The van der Waals surface area contributed by atoms with Crippen molar-refractivity contribution in [3.8, 4) is 0 Å². The molecule has 0 atom stereocenters. The van der Waals surface area contributed by atoms with Crippen LogP contribution in [0.2, 0.25) is 0 Å². The second-order valence-electron chi connectivity index (χ2n) is 7.44. The molecule has 1 aromatic carbocycles. The van der Waals surface area contributed by atoms with E-state index in [2.05, 4.69) is 10.2 Å². The summed E-state index contributed by atoms with van der Waals surface area (Å²) in [6.45, 7) is 5.44. The van der Waals surface area contributed by atoms with E-state index in [1.807, 2.05) is 35.2 Å². The fourth-order valence-electron chi connectivity index (χ4n) is 4.01. The maximum Gasteiger partial charge on any atom is 0.410 e. The number of amides is 1. The number of hydrogen-bond acceptors (Lipinski definition) is 4. The average Bonchev–Trinajstić information content (AvgIpc) is 3.39. The lowest BCUT2D eigenvalue weighted by Crippen LogP contribution is -2.57. The molecule has 1 N–H and O–H groups in total. The summed E-state index contributed by atoms with van der Waals surface area (Å²) in [6.07, 6.45) is 4.62. The van der Waals surface area contributed by atoms with E-state index in [-0.39, 0.29) is 6.09 Å². The topological polar surface area (TPSA) is 44.8 Å². The van der Waals surface area contributed by atoms with Crippen molar-refractivity contribution >= 4 is 6.09 Å². The van der Waals surface area contributed by atoms with Crippen molar-refractivity contribution in [1.82, 2.24) is 15.1 Å². The molecule has 1 aromatic rings. The van der Waals surface area contributed by atoms with Crippen molar-refractivity contribution < 1.29 is 9.53 Å². The molecule has 130 valence electrons. The van der Waals surface area contributed by atoms with Gasteiger partial charge >= 0.3 is 6.09 Å². The molecule has 0 bridgehead atoms. The summed E-state index contributed by atoms with van der Waals surface area (Å²) in [4.78, 5) is 16.8. The summed E-state index contributed by atoms with van der Waals surface area (Å²) in [5, 5.41) is 3.67. The van der Waals surface area contributed by atoms with Gasteiger partial charge in [-0.1, -0.05) is 30.3 Å². The highest BCUT2D eigenvalue weighted by Gasteiger charge is 2.46. The highest BCUT2D eigenvalue weighted by Crippen LogP contribution is 2.38. The smallest absolute Gasteiger partial charge is 0.410 e. The van der Waals surface area contributed by atoms with E-state index >= 15 is 0 Å². The van der Waals surface area contributed by atoms with Gasteiger partial charge in [0.15, 0.2) is 0 Å². The van der Waals surface area contributed by atoms with Gasteiger partial charge in [-0.05, 0) is 31.2 Å². The molecule has 1 saturated carbocycles. The maximum atomic E-state index is 12.2. The second kappa shape index (κ2) is 6.73. The molecule has 0 unspecified atom stereocenters. The van der Waals surface area contributed by atoms with Crippen LogP contribution in [0.4, 0.5) is 4.79 Å². The Labute approximate surface area is 144 Å². The van der Waals surface area contributed by atoms with Crippen LogP contribution in [0.1, 0.15) is 31.2 Å². The van der Waals surface area contributed by atoms with Gasteiger partial charge in [0.1, 0.15) is 6.61 Å². The predicted octanol–water partition coefficient (Wildman–Crippen LogP) is 2.23. The molecule has 2 saturated heterocycles. The summed E-state index contributed by atoms with van der Waals surface area (Å²) in [6, 6.07) is 10.5. The van der Waals surface area contributed by atoms with Gasteiger partial charge in [0.2, 0.25) is 0 Å². The molecule has 0 radical (unpaired) electrons. The molecule has 3 aliphatic rings. The number of benzene rings is 1. The number of ether oxygens (including phenoxy) is 1. The van der Waals surface area contributed by atoms with E-state index in [4.69, 9.17) is 4.74 Å². The van der Waals surface area contributed by atoms with Crippen molar-refractivity contribution in [3.63, 3.8) is 0 Å². The van der Waals surface area contributed by atoms with Gasteiger partial charge in [-0.15, -0.1) is 0 Å². The molecule has 5 heteroatoms. The van der Waals surface area contributed by atoms with Crippen LogP contribution in [0.5, 0.6) is 0 Å². The molecule has 2 heterocycles. The number of nitrogens with zero attached hydrogens (tertiary/aromatic N) is 2. The van der Waals surface area contributed by atoms with Crippen LogP contribution in [0, 0.1) is 0 Å². The highest BCUT2D eigenvalue weighted by atomic mass is 16.6. The fourth-order valence-corrected chi connectivity index (χ4v) is 4.01. The van der Waals surface area contributed by atoms with Crippen molar-refractivity contribution in [1.29, 1.82) is 0 Å². The van der Waals surface area contributed by atoms with Crippen LogP contribution in [-0.2, 0) is 11.3 Å². The number of carbonyl (C=O) groups excluding carboxylic acids is 1. The maximum absolute atomic E-state index is 12.2. The quantitative estimate of drug-likeness (QED) is 0.924. The van der Waals surface area contributed by atoms with Crippen LogP contribution < -0.4 is 5.32 Å². The van der Waals surface area contributed by atoms with E-state index in [0.717, 1.165) is 44.6 Å². The molecule has 4 rings (SSSR count). The number of nitrogens with one attached hydrogen (secondary N) is 1. The van der Waals surface area contributed by atoms with Crippen LogP contribution in [0.25, 0.3) is 0 Å². The lowest BCUT2D eigenvalue weighted by molar-refractivity contribution is 0.0570. The van der Waals surface area contributed by atoms with Crippen LogP contribution in [-0.4, -0.2) is 60.2 Å². The zero-order valence-corrected chi connectivity index (χ0v) is 14.2. The Morgan fingerprint density at radius 1 is 1.17 bits per heavy atom. The van der Waals surface area contributed by atoms with Gasteiger partial charge in [0.05, 0.1) is 0 Å². The van der Waals surface area contributed by atoms with Gasteiger partial charge in [0.25, 0.3) is 0 Å². The molecule has 1 amide bonds. The third kappa shape index (κ3) is 3.57. The Hall–Kier alpha value is -1.59. The lowest BCUT2D eigenvalue weighted by Gasteiger charge is -2.42. The highest BCUT2D eigenvalue weighted by molar-refractivity contribution is 5.67. The van der Waals surface area contributed by atoms with Crippen molar-refractivity contribution in [2.45, 2.75) is 43.9 Å². The largest absolute Gasteiger partial charge is 0.445 e. The number of hydrogen-bond donors (Lipinski definition) is 1. The first-order chi connectivity index (χ1) is 11.7. The van der Waals surface area contributed by atoms with E-state index in [9.17, 15) is 4.79 Å². The van der Waals surface area contributed by atoms with Gasteiger partial charge in [-0.2, -0.15) is 0 Å². The molecule has 1 aliphatic carbocycles. The predicted molar refractivity (Wildman–Crippen MR) is 92.8 cm³/mol. The van der Waals surface area contributed by atoms with Gasteiger partial charge in [-0.25, -0.2) is 4.79 Å². The molecular weight excluding hydrogens is 302 g/mol. The molecule has 24 heavy (non-hydrogen) atoms. The first kappa shape index (κ1) is 15.9. The van der Waals surface area contributed by atoms with Crippen LogP contribution in [0.15, 0.2) is 30.3 Å². The normalized spacial score (nSPS) is 24.1. The molecule has 3 fully saturated rings. The third-order valence-corrected chi connectivity index (χ3v) is 5.70. The minimum Gasteiger partial charge on any atom is -0.445 e. The molecule has 2 aliphatic heterocycles. The SMILES string of the molecule is O=C(OCc1ccccc1)N1CCC(N2CCNC3(CC3)C2)CC1. The third-order valence-electron chi connectivity index (χ3n) is 5.70. The molecule has 0 aromatic heterocycles. The van der Waals surface area contributed by atoms with Gasteiger partial charge < -0.3 is 15.0 Å². The summed E-state index contributed by atoms with van der Waals surface area (Å²) >= 11 is 0.